The number of nitrogens with two attached hydrogens (primary N) is 1. The highest BCUT2D eigenvalue weighted by Gasteiger charge is 2.50. The Bertz CT molecular complexity index is 1260. The van der Waals surface area contributed by atoms with Crippen LogP contribution in [-0.2, 0) is 16.0 Å². The smallest absolute Gasteiger partial charge is 0.254 e. The lowest BCUT2D eigenvalue weighted by Crippen LogP contribution is -2.60. The minimum absolute atomic E-state index is 0.00129. The molecule has 0 spiro atoms. The van der Waals surface area contributed by atoms with Gasteiger partial charge in [0.1, 0.15) is 11.8 Å². The number of benzene rings is 2. The zero-order chi connectivity index (χ0) is 30.7. The van der Waals surface area contributed by atoms with E-state index in [1.165, 1.54) is 22.7 Å². The standard InChI is InChI=1S/C30H41ClN4O5S/c1-17(2)40-19-13-11-18(12-14-19)15-22(33-26(37)20-9-8-10-21(32)23(20)31)24(36)28(39)35-16-41-30(6,7)25(35)27(38)34-29(3,4)5/h8-14,17,22,24-25,36H,15-16,32H2,1-7H3,(H,33,37)(H,34,38)/t22-,24-,25?/m0/s1. The molecule has 41 heavy (non-hydrogen) atoms. The first-order valence-corrected chi connectivity index (χ1v) is 14.9. The van der Waals surface area contributed by atoms with Gasteiger partial charge in [0.15, 0.2) is 6.10 Å². The summed E-state index contributed by atoms with van der Waals surface area (Å²) in [5.74, 6) is -0.649. The second-order valence-corrected chi connectivity index (χ2v) is 14.1. The van der Waals surface area contributed by atoms with Crippen LogP contribution in [0.2, 0.25) is 5.02 Å². The van der Waals surface area contributed by atoms with Crippen LogP contribution in [0, 0.1) is 0 Å². The van der Waals surface area contributed by atoms with Crippen molar-refractivity contribution < 1.29 is 24.2 Å². The third kappa shape index (κ3) is 8.30. The maximum absolute atomic E-state index is 13.8. The predicted octanol–water partition coefficient (Wildman–Crippen LogP) is 4.01. The number of aliphatic hydroxyl groups is 1. The highest BCUT2D eigenvalue weighted by molar-refractivity contribution is 8.00. The number of carbonyl (C=O) groups is 3. The summed E-state index contributed by atoms with van der Waals surface area (Å²) in [5, 5.41) is 17.3. The van der Waals surface area contributed by atoms with Crippen molar-refractivity contribution in [2.45, 2.75) is 89.5 Å². The number of nitrogen functional groups attached to an aromatic ring is 1. The number of carbonyl (C=O) groups excluding carboxylic acids is 3. The maximum atomic E-state index is 13.8. The molecule has 1 heterocycles. The molecular formula is C30H41ClN4O5S. The van der Waals surface area contributed by atoms with Gasteiger partial charge in [-0.3, -0.25) is 14.4 Å². The number of ether oxygens (including phenoxy) is 1. The van der Waals surface area contributed by atoms with Gasteiger partial charge in [-0.05, 0) is 84.7 Å². The van der Waals surface area contributed by atoms with Gasteiger partial charge < -0.3 is 31.1 Å². The summed E-state index contributed by atoms with van der Waals surface area (Å²) in [7, 11) is 0. The van der Waals surface area contributed by atoms with Gasteiger partial charge in [-0.25, -0.2) is 0 Å². The van der Waals surface area contributed by atoms with Crippen LogP contribution >= 0.6 is 23.4 Å². The number of rotatable bonds is 9. The van der Waals surface area contributed by atoms with E-state index in [0.717, 1.165) is 5.56 Å². The van der Waals surface area contributed by atoms with Gasteiger partial charge >= 0.3 is 0 Å². The van der Waals surface area contributed by atoms with E-state index < -0.39 is 40.3 Å². The van der Waals surface area contributed by atoms with Gasteiger partial charge in [0.2, 0.25) is 5.91 Å². The Morgan fingerprint density at radius 1 is 1.17 bits per heavy atom. The first-order chi connectivity index (χ1) is 19.0. The lowest BCUT2D eigenvalue weighted by atomic mass is 9.96. The summed E-state index contributed by atoms with van der Waals surface area (Å²) in [4.78, 5) is 41.8. The van der Waals surface area contributed by atoms with Crippen LogP contribution < -0.4 is 21.1 Å². The molecule has 224 valence electrons. The topological polar surface area (TPSA) is 134 Å². The molecule has 5 N–H and O–H groups in total. The number of amides is 3. The highest BCUT2D eigenvalue weighted by atomic mass is 35.5. The van der Waals surface area contributed by atoms with Crippen LogP contribution in [0.4, 0.5) is 5.69 Å². The third-order valence-corrected chi connectivity index (χ3v) is 8.35. The summed E-state index contributed by atoms with van der Waals surface area (Å²) in [6.07, 6.45) is -1.52. The Kier molecular flexibility index (Phi) is 10.3. The SMILES string of the molecule is CC(C)Oc1ccc(C[C@H](NC(=O)c2cccc(N)c2Cl)[C@H](O)C(=O)N2CSC(C)(C)C2C(=O)NC(C)(C)C)cc1. The maximum Gasteiger partial charge on any atom is 0.254 e. The Labute approximate surface area is 251 Å². The van der Waals surface area contributed by atoms with Crippen molar-refractivity contribution in [2.75, 3.05) is 11.6 Å². The summed E-state index contributed by atoms with van der Waals surface area (Å²) in [5.41, 5.74) is 6.50. The molecular weight excluding hydrogens is 564 g/mol. The quantitative estimate of drug-likeness (QED) is 0.318. The molecule has 0 saturated carbocycles. The van der Waals surface area contributed by atoms with Gasteiger partial charge in [0.05, 0.1) is 34.3 Å². The Hall–Kier alpha value is -2.95. The number of aliphatic hydroxyl groups excluding tert-OH is 1. The Balaban J connectivity index is 1.91. The van der Waals surface area contributed by atoms with Crippen LogP contribution in [0.1, 0.15) is 64.4 Å². The van der Waals surface area contributed by atoms with Crippen molar-refractivity contribution in [3.63, 3.8) is 0 Å². The lowest BCUT2D eigenvalue weighted by Gasteiger charge is -2.35. The van der Waals surface area contributed by atoms with Crippen LogP contribution in [0.25, 0.3) is 0 Å². The summed E-state index contributed by atoms with van der Waals surface area (Å²) >= 11 is 7.74. The van der Waals surface area contributed by atoms with Crippen molar-refractivity contribution >= 4 is 46.8 Å². The average Bonchev–Trinajstić information content (AvgIpc) is 3.19. The molecule has 3 amide bonds. The average molecular weight is 605 g/mol. The molecule has 1 aliphatic rings. The van der Waals surface area contributed by atoms with E-state index in [0.29, 0.717) is 5.75 Å². The Morgan fingerprint density at radius 3 is 2.39 bits per heavy atom. The van der Waals surface area contributed by atoms with Gasteiger partial charge in [-0.15, -0.1) is 11.8 Å². The number of hydrogen-bond donors (Lipinski definition) is 4. The number of hydrogen-bond acceptors (Lipinski definition) is 7. The zero-order valence-corrected chi connectivity index (χ0v) is 26.2. The number of halogens is 1. The van der Waals surface area contributed by atoms with E-state index in [2.05, 4.69) is 10.6 Å². The molecule has 1 unspecified atom stereocenters. The van der Waals surface area contributed by atoms with Crippen molar-refractivity contribution in [3.05, 3.63) is 58.6 Å². The molecule has 2 aromatic carbocycles. The van der Waals surface area contributed by atoms with E-state index in [1.54, 1.807) is 24.3 Å². The molecule has 1 aliphatic heterocycles. The zero-order valence-electron chi connectivity index (χ0n) is 24.7. The monoisotopic (exact) mass is 604 g/mol. The second kappa shape index (κ2) is 12.9. The third-order valence-electron chi connectivity index (χ3n) is 6.55. The number of nitrogens with one attached hydrogen (secondary N) is 2. The molecule has 3 atom stereocenters. The van der Waals surface area contributed by atoms with Gasteiger partial charge in [-0.1, -0.05) is 29.8 Å². The normalized spacial score (nSPS) is 18.1. The van der Waals surface area contributed by atoms with Gasteiger partial charge in [0, 0.05) is 10.3 Å². The molecule has 11 heteroatoms. The van der Waals surface area contributed by atoms with E-state index in [1.807, 2.05) is 60.6 Å². The number of thioether (sulfide) groups is 1. The van der Waals surface area contributed by atoms with Crippen LogP contribution in [-0.4, -0.2) is 68.2 Å². The van der Waals surface area contributed by atoms with Crippen LogP contribution in [0.15, 0.2) is 42.5 Å². The molecule has 0 aromatic heterocycles. The van der Waals surface area contributed by atoms with Crippen LogP contribution in [0.5, 0.6) is 5.75 Å². The molecule has 1 fully saturated rings. The molecule has 2 aromatic rings. The minimum atomic E-state index is -1.65. The fourth-order valence-electron chi connectivity index (χ4n) is 4.64. The van der Waals surface area contributed by atoms with Crippen molar-refractivity contribution in [2.24, 2.45) is 0 Å². The highest BCUT2D eigenvalue weighted by Crippen LogP contribution is 2.40. The number of nitrogens with zero attached hydrogens (tertiary/aromatic N) is 1. The largest absolute Gasteiger partial charge is 0.491 e. The van der Waals surface area contributed by atoms with Crippen molar-refractivity contribution in [1.29, 1.82) is 0 Å². The van der Waals surface area contributed by atoms with Crippen LogP contribution in [0.3, 0.4) is 0 Å². The predicted molar refractivity (Wildman–Crippen MR) is 164 cm³/mol. The fraction of sp³-hybridized carbons (Fsp3) is 0.500. The summed E-state index contributed by atoms with van der Waals surface area (Å²) in [6.45, 7) is 13.2. The number of anilines is 1. The van der Waals surface area contributed by atoms with Gasteiger partial charge in [0.25, 0.3) is 11.8 Å². The molecule has 9 nitrogen and oxygen atoms in total. The summed E-state index contributed by atoms with van der Waals surface area (Å²) < 4.78 is 5.12. The molecule has 0 radical (unpaired) electrons. The lowest BCUT2D eigenvalue weighted by molar-refractivity contribution is -0.147. The Morgan fingerprint density at radius 2 is 1.80 bits per heavy atom. The fourth-order valence-corrected chi connectivity index (χ4v) is 5.99. The molecule has 0 aliphatic carbocycles. The van der Waals surface area contributed by atoms with E-state index in [9.17, 15) is 19.5 Å². The molecule has 1 saturated heterocycles. The van der Waals surface area contributed by atoms with E-state index in [-0.39, 0.29) is 40.6 Å². The summed E-state index contributed by atoms with van der Waals surface area (Å²) in [6, 6.07) is 10.1. The minimum Gasteiger partial charge on any atom is -0.491 e. The molecule has 3 rings (SSSR count). The van der Waals surface area contributed by atoms with Gasteiger partial charge in [-0.2, -0.15) is 0 Å². The van der Waals surface area contributed by atoms with Crippen molar-refractivity contribution in [1.82, 2.24) is 15.5 Å². The first kappa shape index (κ1) is 32.6. The van der Waals surface area contributed by atoms with E-state index in [4.69, 9.17) is 22.1 Å². The second-order valence-electron chi connectivity index (χ2n) is 12.1. The first-order valence-electron chi connectivity index (χ1n) is 13.5. The molecule has 0 bridgehead atoms. The van der Waals surface area contributed by atoms with E-state index >= 15 is 0 Å². The van der Waals surface area contributed by atoms with Crippen molar-refractivity contribution in [3.8, 4) is 5.75 Å².